The number of aromatic nitrogens is 1. The number of hydrogen-bond donors (Lipinski definition) is 2. The zero-order valence-corrected chi connectivity index (χ0v) is 11.0. The molecule has 2 aromatic rings. The van der Waals surface area contributed by atoms with E-state index in [2.05, 4.69) is 28.6 Å². The lowest BCUT2D eigenvalue weighted by molar-refractivity contribution is -0.146. The highest BCUT2D eigenvalue weighted by Gasteiger charge is 2.29. The number of carbonyl (C=O) groups is 1. The maximum atomic E-state index is 11.1. The summed E-state index contributed by atoms with van der Waals surface area (Å²) in [5, 5.41) is 4.67. The number of carbonyl (C=O) groups excluding carboxylic acids is 1. The Labute approximate surface area is 112 Å². The van der Waals surface area contributed by atoms with Crippen LogP contribution in [0.15, 0.2) is 30.5 Å². The number of nitrogens with one attached hydrogen (secondary N) is 2. The molecular weight excluding hydrogens is 240 g/mol. The molecule has 1 aromatic heterocycles. The number of hydrogen-bond acceptors (Lipinski definition) is 3. The van der Waals surface area contributed by atoms with Crippen LogP contribution in [0, 0.1) is 0 Å². The van der Waals surface area contributed by atoms with E-state index in [9.17, 15) is 4.79 Å². The third-order valence-corrected chi connectivity index (χ3v) is 3.72. The molecule has 1 aromatic carbocycles. The summed E-state index contributed by atoms with van der Waals surface area (Å²) in [7, 11) is 0. The highest BCUT2D eigenvalue weighted by atomic mass is 16.5. The number of fused-ring (bicyclic) bond motifs is 1. The smallest absolute Gasteiger partial charge is 0.302 e. The summed E-state index contributed by atoms with van der Waals surface area (Å²) >= 11 is 0. The first-order valence-corrected chi connectivity index (χ1v) is 6.69. The van der Waals surface area contributed by atoms with Gasteiger partial charge < -0.3 is 15.0 Å². The molecule has 0 amide bonds. The number of benzene rings is 1. The molecule has 2 atom stereocenters. The maximum Gasteiger partial charge on any atom is 0.302 e. The van der Waals surface area contributed by atoms with Crippen molar-refractivity contribution in [3.8, 4) is 0 Å². The first kappa shape index (κ1) is 12.2. The fourth-order valence-electron chi connectivity index (χ4n) is 2.84. The Bertz CT molecular complexity index is 591. The molecule has 4 heteroatoms. The van der Waals surface area contributed by atoms with Crippen LogP contribution in [-0.4, -0.2) is 29.6 Å². The minimum absolute atomic E-state index is 0.00818. The van der Waals surface area contributed by atoms with Crippen molar-refractivity contribution in [3.05, 3.63) is 36.0 Å². The predicted molar refractivity (Wildman–Crippen MR) is 74.0 cm³/mol. The number of para-hydroxylation sites is 1. The third kappa shape index (κ3) is 2.49. The molecule has 2 heterocycles. The highest BCUT2D eigenvalue weighted by Crippen LogP contribution is 2.22. The summed E-state index contributed by atoms with van der Waals surface area (Å²) in [5.74, 6) is -0.197. The Balaban J connectivity index is 1.78. The van der Waals surface area contributed by atoms with E-state index in [1.54, 1.807) is 0 Å². The van der Waals surface area contributed by atoms with Crippen molar-refractivity contribution < 1.29 is 9.53 Å². The van der Waals surface area contributed by atoms with Crippen LogP contribution in [0.3, 0.4) is 0 Å². The van der Waals surface area contributed by atoms with E-state index in [1.165, 1.54) is 17.9 Å². The van der Waals surface area contributed by atoms with Crippen molar-refractivity contribution in [1.82, 2.24) is 10.3 Å². The lowest BCUT2D eigenvalue weighted by Gasteiger charge is -2.19. The highest BCUT2D eigenvalue weighted by molar-refractivity contribution is 5.83. The largest absolute Gasteiger partial charge is 0.461 e. The lowest BCUT2D eigenvalue weighted by Crippen LogP contribution is -2.35. The molecule has 1 saturated heterocycles. The third-order valence-electron chi connectivity index (χ3n) is 3.72. The van der Waals surface area contributed by atoms with Crippen LogP contribution < -0.4 is 5.32 Å². The second-order valence-corrected chi connectivity index (χ2v) is 5.06. The van der Waals surface area contributed by atoms with Crippen LogP contribution >= 0.6 is 0 Å². The average molecular weight is 258 g/mol. The van der Waals surface area contributed by atoms with Gasteiger partial charge in [-0.3, -0.25) is 4.79 Å². The topological polar surface area (TPSA) is 54.1 Å². The van der Waals surface area contributed by atoms with Crippen LogP contribution in [0.2, 0.25) is 0 Å². The van der Waals surface area contributed by atoms with Gasteiger partial charge in [0.25, 0.3) is 0 Å². The van der Waals surface area contributed by atoms with Crippen LogP contribution in [0.5, 0.6) is 0 Å². The molecule has 0 aliphatic carbocycles. The SMILES string of the molecule is CC(=O)O[C@@H]1CCN[C@@H]1Cc1c[nH]c2ccccc12. The van der Waals surface area contributed by atoms with Gasteiger partial charge in [-0.05, 0) is 31.0 Å². The molecule has 100 valence electrons. The molecule has 1 aliphatic rings. The average Bonchev–Trinajstić information content (AvgIpc) is 2.98. The van der Waals surface area contributed by atoms with Crippen molar-refractivity contribution in [3.63, 3.8) is 0 Å². The summed E-state index contributed by atoms with van der Waals surface area (Å²) in [6, 6.07) is 8.48. The van der Waals surface area contributed by atoms with Crippen molar-refractivity contribution in [2.45, 2.75) is 31.9 Å². The Morgan fingerprint density at radius 2 is 2.26 bits per heavy atom. The van der Waals surface area contributed by atoms with Gasteiger partial charge in [0, 0.05) is 30.1 Å². The number of esters is 1. The Morgan fingerprint density at radius 1 is 1.42 bits per heavy atom. The fraction of sp³-hybridized carbons (Fsp3) is 0.400. The molecule has 1 fully saturated rings. The van der Waals surface area contributed by atoms with Crippen LogP contribution in [-0.2, 0) is 16.0 Å². The summed E-state index contributed by atoms with van der Waals surface area (Å²) in [6.45, 7) is 2.38. The van der Waals surface area contributed by atoms with Gasteiger partial charge in [0.2, 0.25) is 0 Å². The first-order chi connectivity index (χ1) is 9.24. The van der Waals surface area contributed by atoms with Crippen molar-refractivity contribution >= 4 is 16.9 Å². The Hall–Kier alpha value is -1.81. The summed E-state index contributed by atoms with van der Waals surface area (Å²) in [5.41, 5.74) is 2.42. The minimum Gasteiger partial charge on any atom is -0.461 e. The van der Waals surface area contributed by atoms with Crippen LogP contribution in [0.4, 0.5) is 0 Å². The van der Waals surface area contributed by atoms with Gasteiger partial charge in [-0.1, -0.05) is 18.2 Å². The fourth-order valence-corrected chi connectivity index (χ4v) is 2.84. The van der Waals surface area contributed by atoms with E-state index in [-0.39, 0.29) is 18.1 Å². The summed E-state index contributed by atoms with van der Waals surface area (Å²) in [6.07, 6.45) is 3.82. The Kier molecular flexibility index (Phi) is 3.25. The molecule has 0 unspecified atom stereocenters. The first-order valence-electron chi connectivity index (χ1n) is 6.69. The molecule has 19 heavy (non-hydrogen) atoms. The van der Waals surface area contributed by atoms with Gasteiger partial charge in [0.15, 0.2) is 0 Å². The van der Waals surface area contributed by atoms with Gasteiger partial charge in [0.05, 0.1) is 0 Å². The number of H-pyrrole nitrogens is 1. The quantitative estimate of drug-likeness (QED) is 0.828. The van der Waals surface area contributed by atoms with Crippen molar-refractivity contribution in [2.75, 3.05) is 6.54 Å². The molecule has 0 spiro atoms. The van der Waals surface area contributed by atoms with E-state index in [4.69, 9.17) is 4.74 Å². The summed E-state index contributed by atoms with van der Waals surface area (Å²) < 4.78 is 5.37. The number of ether oxygens (including phenoxy) is 1. The molecular formula is C15H18N2O2. The van der Waals surface area contributed by atoms with Crippen molar-refractivity contribution in [2.24, 2.45) is 0 Å². The monoisotopic (exact) mass is 258 g/mol. The second-order valence-electron chi connectivity index (χ2n) is 5.06. The minimum atomic E-state index is -0.197. The van der Waals surface area contributed by atoms with E-state index >= 15 is 0 Å². The van der Waals surface area contributed by atoms with E-state index in [0.29, 0.717) is 0 Å². The van der Waals surface area contributed by atoms with Gasteiger partial charge >= 0.3 is 5.97 Å². The van der Waals surface area contributed by atoms with E-state index in [1.807, 2.05) is 12.1 Å². The zero-order valence-electron chi connectivity index (χ0n) is 11.0. The Morgan fingerprint density at radius 3 is 3.11 bits per heavy atom. The van der Waals surface area contributed by atoms with Gasteiger partial charge in [0.1, 0.15) is 6.10 Å². The predicted octanol–water partition coefficient (Wildman–Crippen LogP) is 2.00. The van der Waals surface area contributed by atoms with Gasteiger partial charge in [-0.2, -0.15) is 0 Å². The number of aromatic amines is 1. The number of rotatable bonds is 3. The molecule has 4 nitrogen and oxygen atoms in total. The van der Waals surface area contributed by atoms with Crippen LogP contribution in [0.1, 0.15) is 18.9 Å². The molecule has 3 rings (SSSR count). The molecule has 0 saturated carbocycles. The molecule has 1 aliphatic heterocycles. The maximum absolute atomic E-state index is 11.1. The van der Waals surface area contributed by atoms with Crippen LogP contribution in [0.25, 0.3) is 10.9 Å². The van der Waals surface area contributed by atoms with Gasteiger partial charge in [-0.15, -0.1) is 0 Å². The lowest BCUT2D eigenvalue weighted by atomic mass is 10.0. The van der Waals surface area contributed by atoms with Gasteiger partial charge in [-0.25, -0.2) is 0 Å². The molecule has 0 radical (unpaired) electrons. The molecule has 0 bridgehead atoms. The van der Waals surface area contributed by atoms with E-state index < -0.39 is 0 Å². The normalized spacial score (nSPS) is 22.8. The second kappa shape index (κ2) is 5.05. The zero-order chi connectivity index (χ0) is 13.2. The van der Waals surface area contributed by atoms with Crippen molar-refractivity contribution in [1.29, 1.82) is 0 Å². The summed E-state index contributed by atoms with van der Waals surface area (Å²) in [4.78, 5) is 14.4. The van der Waals surface area contributed by atoms with E-state index in [0.717, 1.165) is 24.9 Å². The standard InChI is InChI=1S/C15H18N2O2/c1-10(18)19-15-6-7-16-14(15)8-11-9-17-13-5-3-2-4-12(11)13/h2-5,9,14-17H,6-8H2,1H3/t14-,15-/m1/s1. The molecule has 2 N–H and O–H groups in total.